The van der Waals surface area contributed by atoms with Crippen molar-refractivity contribution < 1.29 is 5.11 Å². The number of phenols is 1. The molecule has 0 heterocycles. The summed E-state index contributed by atoms with van der Waals surface area (Å²) in [6.45, 7) is 0. The second kappa shape index (κ2) is 2.13. The number of hydrogen-bond donors (Lipinski definition) is 1. The maximum Gasteiger partial charge on any atom is 0.116 e. The van der Waals surface area contributed by atoms with Crippen molar-refractivity contribution in [3.8, 4) is 28.0 Å². The topological polar surface area (TPSA) is 20.2 Å². The Bertz CT molecular complexity index is 486. The molecule has 0 saturated heterocycles. The lowest BCUT2D eigenvalue weighted by atomic mass is 9.81. The van der Waals surface area contributed by atoms with E-state index in [0.717, 1.165) is 5.56 Å². The summed E-state index contributed by atoms with van der Waals surface area (Å²) in [4.78, 5) is 0. The Morgan fingerprint density at radius 3 is 2.08 bits per heavy atom. The van der Waals surface area contributed by atoms with Gasteiger partial charge in [-0.15, -0.1) is 0 Å². The zero-order valence-corrected chi connectivity index (χ0v) is 6.99. The van der Waals surface area contributed by atoms with Crippen LogP contribution in [0.15, 0.2) is 42.5 Å². The van der Waals surface area contributed by atoms with Crippen molar-refractivity contribution in [1.29, 1.82) is 0 Å². The van der Waals surface area contributed by atoms with Gasteiger partial charge in [0.1, 0.15) is 5.75 Å². The predicted octanol–water partition coefficient (Wildman–Crippen LogP) is 3.04. The van der Waals surface area contributed by atoms with Crippen LogP contribution in [0.1, 0.15) is 0 Å². The molecule has 1 nitrogen and oxygen atoms in total. The molecule has 2 aromatic carbocycles. The molecular formula is C12H8O. The minimum Gasteiger partial charge on any atom is -0.508 e. The number of fused-ring (bicyclic) bond motifs is 4. The Balaban J connectivity index is 2.29. The van der Waals surface area contributed by atoms with E-state index in [-0.39, 0.29) is 0 Å². The molecule has 2 aromatic rings. The minimum atomic E-state index is 0.341. The van der Waals surface area contributed by atoms with Gasteiger partial charge in [0, 0.05) is 0 Å². The van der Waals surface area contributed by atoms with Crippen molar-refractivity contribution in [2.45, 2.75) is 0 Å². The molecular weight excluding hydrogens is 160 g/mol. The molecule has 0 radical (unpaired) electrons. The first kappa shape index (κ1) is 6.72. The summed E-state index contributed by atoms with van der Waals surface area (Å²) in [5.41, 5.74) is 4.94. The van der Waals surface area contributed by atoms with Gasteiger partial charge >= 0.3 is 0 Å². The van der Waals surface area contributed by atoms with Crippen molar-refractivity contribution >= 4 is 0 Å². The number of phenolic OH excluding ortho intramolecular Hbond substituents is 1. The molecule has 62 valence electrons. The monoisotopic (exact) mass is 168 g/mol. The van der Waals surface area contributed by atoms with Crippen molar-refractivity contribution in [3.63, 3.8) is 0 Å². The Kier molecular flexibility index (Phi) is 1.10. The van der Waals surface area contributed by atoms with Gasteiger partial charge in [-0.05, 0) is 34.4 Å². The van der Waals surface area contributed by atoms with E-state index in [2.05, 4.69) is 12.1 Å². The van der Waals surface area contributed by atoms with E-state index in [1.54, 1.807) is 6.07 Å². The molecule has 13 heavy (non-hydrogen) atoms. The lowest BCUT2D eigenvalue weighted by Crippen LogP contribution is -1.96. The van der Waals surface area contributed by atoms with Crippen molar-refractivity contribution in [1.82, 2.24) is 0 Å². The Morgan fingerprint density at radius 2 is 1.31 bits per heavy atom. The fourth-order valence-electron chi connectivity index (χ4n) is 1.88. The average Bonchev–Trinajstić information content (AvgIpc) is 2.15. The first-order valence-corrected chi connectivity index (χ1v) is 4.29. The largest absolute Gasteiger partial charge is 0.508 e. The summed E-state index contributed by atoms with van der Waals surface area (Å²) < 4.78 is 0. The molecule has 0 fully saturated rings. The van der Waals surface area contributed by atoms with Crippen LogP contribution in [0.3, 0.4) is 0 Å². The second-order valence-electron chi connectivity index (χ2n) is 3.28. The highest BCUT2D eigenvalue weighted by Crippen LogP contribution is 2.47. The Hall–Kier alpha value is -1.76. The third-order valence-corrected chi connectivity index (χ3v) is 2.51. The first-order chi connectivity index (χ1) is 6.36. The molecule has 1 N–H and O–H groups in total. The summed E-state index contributed by atoms with van der Waals surface area (Å²) in [6.07, 6.45) is 0. The van der Waals surface area contributed by atoms with Crippen LogP contribution in [-0.2, 0) is 0 Å². The van der Waals surface area contributed by atoms with Gasteiger partial charge in [0.05, 0.1) is 0 Å². The quantitative estimate of drug-likeness (QED) is 0.547. The van der Waals surface area contributed by atoms with Crippen LogP contribution in [0.5, 0.6) is 5.75 Å². The van der Waals surface area contributed by atoms with E-state index in [0.29, 0.717) is 5.75 Å². The van der Waals surface area contributed by atoms with Crippen molar-refractivity contribution in [2.75, 3.05) is 0 Å². The van der Waals surface area contributed by atoms with Crippen LogP contribution in [0, 0.1) is 0 Å². The van der Waals surface area contributed by atoms with Crippen LogP contribution in [0.4, 0.5) is 0 Å². The standard InChI is InChI=1S/C12H8O/c13-8-5-6-11-9-3-1-2-4-10(9)12(11)7-8/h1-7,13H. The molecule has 1 heteroatoms. The van der Waals surface area contributed by atoms with Gasteiger partial charge in [-0.3, -0.25) is 0 Å². The number of benzene rings is 2. The van der Waals surface area contributed by atoms with E-state index in [9.17, 15) is 5.11 Å². The molecule has 0 unspecified atom stereocenters. The minimum absolute atomic E-state index is 0.341. The zero-order valence-electron chi connectivity index (χ0n) is 6.99. The fourth-order valence-corrected chi connectivity index (χ4v) is 1.88. The van der Waals surface area contributed by atoms with Gasteiger partial charge in [-0.2, -0.15) is 0 Å². The summed E-state index contributed by atoms with van der Waals surface area (Å²) in [6, 6.07) is 13.8. The summed E-state index contributed by atoms with van der Waals surface area (Å²) >= 11 is 0. The van der Waals surface area contributed by atoms with Crippen LogP contribution >= 0.6 is 0 Å². The average molecular weight is 168 g/mol. The zero-order chi connectivity index (χ0) is 8.84. The highest BCUT2D eigenvalue weighted by molar-refractivity contribution is 6.02. The van der Waals surface area contributed by atoms with Crippen molar-refractivity contribution in [3.05, 3.63) is 42.5 Å². The number of aromatic hydroxyl groups is 1. The van der Waals surface area contributed by atoms with Gasteiger partial charge in [-0.25, -0.2) is 0 Å². The van der Waals surface area contributed by atoms with Crippen LogP contribution in [0.25, 0.3) is 22.3 Å². The summed E-state index contributed by atoms with van der Waals surface area (Å²) in [5.74, 6) is 0.341. The molecule has 0 aromatic heterocycles. The van der Waals surface area contributed by atoms with E-state index < -0.39 is 0 Å². The normalized spacial score (nSPS) is 11.4. The Morgan fingerprint density at radius 1 is 0.692 bits per heavy atom. The first-order valence-electron chi connectivity index (χ1n) is 4.29. The van der Waals surface area contributed by atoms with Crippen LogP contribution in [0.2, 0.25) is 0 Å². The molecule has 1 aliphatic carbocycles. The highest BCUT2D eigenvalue weighted by Gasteiger charge is 2.20. The fraction of sp³-hybridized carbons (Fsp3) is 0. The summed E-state index contributed by atoms with van der Waals surface area (Å²) in [7, 11) is 0. The molecule has 3 rings (SSSR count). The second-order valence-corrected chi connectivity index (χ2v) is 3.28. The molecule has 0 aliphatic heterocycles. The predicted molar refractivity (Wildman–Crippen MR) is 52.5 cm³/mol. The summed E-state index contributed by atoms with van der Waals surface area (Å²) in [5, 5.41) is 9.30. The lowest BCUT2D eigenvalue weighted by molar-refractivity contribution is 0.475. The van der Waals surface area contributed by atoms with Gasteiger partial charge in [-0.1, -0.05) is 30.3 Å². The van der Waals surface area contributed by atoms with Gasteiger partial charge in [0.2, 0.25) is 0 Å². The van der Waals surface area contributed by atoms with E-state index in [4.69, 9.17) is 0 Å². The molecule has 0 saturated carbocycles. The highest BCUT2D eigenvalue weighted by atomic mass is 16.3. The SMILES string of the molecule is Oc1ccc2c(c1)-c1ccccc1-2. The molecule has 0 atom stereocenters. The van der Waals surface area contributed by atoms with E-state index in [1.807, 2.05) is 24.3 Å². The van der Waals surface area contributed by atoms with Crippen LogP contribution < -0.4 is 0 Å². The molecule has 0 bridgehead atoms. The van der Waals surface area contributed by atoms with Gasteiger partial charge < -0.3 is 5.11 Å². The smallest absolute Gasteiger partial charge is 0.116 e. The number of hydrogen-bond acceptors (Lipinski definition) is 1. The van der Waals surface area contributed by atoms with Crippen LogP contribution in [-0.4, -0.2) is 5.11 Å². The Labute approximate surface area is 76.3 Å². The maximum atomic E-state index is 9.30. The third-order valence-electron chi connectivity index (χ3n) is 2.51. The molecule has 1 aliphatic rings. The van der Waals surface area contributed by atoms with Gasteiger partial charge in [0.25, 0.3) is 0 Å². The number of rotatable bonds is 0. The van der Waals surface area contributed by atoms with E-state index >= 15 is 0 Å². The molecule has 0 spiro atoms. The van der Waals surface area contributed by atoms with E-state index in [1.165, 1.54) is 16.7 Å². The third kappa shape index (κ3) is 0.760. The van der Waals surface area contributed by atoms with Gasteiger partial charge in [0.15, 0.2) is 0 Å². The lowest BCUT2D eigenvalue weighted by Gasteiger charge is -2.23. The van der Waals surface area contributed by atoms with Crippen molar-refractivity contribution in [2.24, 2.45) is 0 Å². The molecule has 0 amide bonds. The maximum absolute atomic E-state index is 9.30.